The molecule has 0 aliphatic rings. The Morgan fingerprint density at radius 2 is 1.81 bits per heavy atom. The van der Waals surface area contributed by atoms with Crippen LogP contribution >= 0.6 is 0 Å². The number of terminal acetylenes is 1. The Morgan fingerprint density at radius 1 is 1.19 bits per heavy atom. The van der Waals surface area contributed by atoms with Gasteiger partial charge in [-0.15, -0.1) is 13.0 Å². The molecule has 0 saturated heterocycles. The summed E-state index contributed by atoms with van der Waals surface area (Å²) in [5.41, 5.74) is -0.532. The number of benzene rings is 1. The smallest absolute Gasteiger partial charge is 0.330 e. The first-order valence-corrected chi connectivity index (χ1v) is 15.3. The van der Waals surface area contributed by atoms with E-state index in [4.69, 9.17) is 25.1 Å². The molecule has 0 aliphatic heterocycles. The van der Waals surface area contributed by atoms with Crippen molar-refractivity contribution in [2.24, 2.45) is 0 Å². The second-order valence-corrected chi connectivity index (χ2v) is 15.5. The van der Waals surface area contributed by atoms with E-state index in [0.29, 0.717) is 6.42 Å². The van der Waals surface area contributed by atoms with Gasteiger partial charge in [-0.25, -0.2) is 4.79 Å². The van der Waals surface area contributed by atoms with Gasteiger partial charge in [-0.1, -0.05) is 57.6 Å². The highest BCUT2D eigenvalue weighted by atomic mass is 28.4. The topological polar surface area (TPSA) is 74.2 Å². The van der Waals surface area contributed by atoms with Gasteiger partial charge in [0.25, 0.3) is 0 Å². The maximum atomic E-state index is 11.7. The van der Waals surface area contributed by atoms with E-state index in [2.05, 4.69) is 52.9 Å². The monoisotopic (exact) mass is 528 g/mol. The number of esters is 1. The third-order valence-corrected chi connectivity index (χ3v) is 11.1. The number of carbonyl (C=O) groups excluding carboxylic acids is 1. The molecule has 1 aromatic carbocycles. The standard InChI is InChI=1S/C30H44O6Si/c1-11-14-26(35-28(31)13-3)19-20-30(7,32)27(34-22-23-15-17-25(33-8)18-16-23)21-24(12-2)36-37(9,10)29(4,5)6/h2,11,13,15-20,24,26-27,32H,1,3,14,21-22H2,4-10H3/b20-19+/t24-,26?,27+,30+/m0/s1. The molecule has 0 fully saturated rings. The van der Waals surface area contributed by atoms with Crippen molar-refractivity contribution in [1.29, 1.82) is 0 Å². The van der Waals surface area contributed by atoms with Crippen molar-refractivity contribution in [3.05, 3.63) is 67.3 Å². The number of hydrogen-bond acceptors (Lipinski definition) is 6. The summed E-state index contributed by atoms with van der Waals surface area (Å²) < 4.78 is 23.3. The zero-order chi connectivity index (χ0) is 28.3. The molecule has 1 rings (SSSR count). The number of ether oxygens (including phenoxy) is 3. The molecule has 0 spiro atoms. The number of rotatable bonds is 15. The van der Waals surface area contributed by atoms with Crippen molar-refractivity contribution < 1.29 is 28.5 Å². The Morgan fingerprint density at radius 3 is 2.30 bits per heavy atom. The highest BCUT2D eigenvalue weighted by molar-refractivity contribution is 6.74. The van der Waals surface area contributed by atoms with Gasteiger partial charge in [0.2, 0.25) is 0 Å². The maximum Gasteiger partial charge on any atom is 0.330 e. The summed E-state index contributed by atoms with van der Waals surface area (Å²) in [4.78, 5) is 11.7. The number of aliphatic hydroxyl groups is 1. The first kappa shape index (κ1) is 32.4. The molecule has 1 unspecified atom stereocenters. The minimum Gasteiger partial charge on any atom is -0.497 e. The third kappa shape index (κ3) is 10.7. The minimum atomic E-state index is -2.17. The summed E-state index contributed by atoms with van der Waals surface area (Å²) in [6.07, 6.45) is 10.6. The summed E-state index contributed by atoms with van der Waals surface area (Å²) in [6.45, 7) is 19.7. The van der Waals surface area contributed by atoms with Gasteiger partial charge in [-0.2, -0.15) is 0 Å². The van der Waals surface area contributed by atoms with Crippen molar-refractivity contribution in [2.75, 3.05) is 7.11 Å². The predicted octanol–water partition coefficient (Wildman–Crippen LogP) is 5.98. The SMILES string of the molecule is C#C[C@@H](C[C@@H](OCc1ccc(OC)cc1)[C@](C)(O)/C=C/C(CC=C)OC(=O)C=C)O[Si](C)(C)C(C)(C)C. The zero-order valence-corrected chi connectivity index (χ0v) is 24.5. The number of carbonyl (C=O) groups is 1. The van der Waals surface area contributed by atoms with Gasteiger partial charge in [-0.3, -0.25) is 0 Å². The average Bonchev–Trinajstić information content (AvgIpc) is 2.83. The first-order chi connectivity index (χ1) is 17.2. The highest BCUT2D eigenvalue weighted by Crippen LogP contribution is 2.38. The van der Waals surface area contributed by atoms with E-state index in [1.165, 1.54) is 0 Å². The normalized spacial score (nSPS) is 16.2. The molecule has 0 saturated carbocycles. The van der Waals surface area contributed by atoms with Crippen LogP contribution in [0.2, 0.25) is 18.1 Å². The lowest BCUT2D eigenvalue weighted by atomic mass is 9.93. The molecule has 0 bridgehead atoms. The van der Waals surface area contributed by atoms with E-state index in [9.17, 15) is 9.90 Å². The second-order valence-electron chi connectivity index (χ2n) is 10.7. The molecule has 37 heavy (non-hydrogen) atoms. The molecule has 204 valence electrons. The summed E-state index contributed by atoms with van der Waals surface area (Å²) >= 11 is 0. The fourth-order valence-electron chi connectivity index (χ4n) is 3.21. The minimum absolute atomic E-state index is 0.0308. The number of hydrogen-bond donors (Lipinski definition) is 1. The molecule has 1 N–H and O–H groups in total. The Bertz CT molecular complexity index is 950. The van der Waals surface area contributed by atoms with Crippen LogP contribution in [0, 0.1) is 12.3 Å². The lowest BCUT2D eigenvalue weighted by Gasteiger charge is -2.40. The Balaban J connectivity index is 3.22. The van der Waals surface area contributed by atoms with Crippen LogP contribution in [0.4, 0.5) is 0 Å². The Labute approximate surface area is 224 Å². The summed E-state index contributed by atoms with van der Waals surface area (Å²) in [5.74, 6) is 2.94. The second kappa shape index (κ2) is 14.3. The Hall–Kier alpha value is -2.63. The van der Waals surface area contributed by atoms with E-state index < -0.39 is 38.2 Å². The van der Waals surface area contributed by atoms with Gasteiger partial charge in [0.05, 0.1) is 19.8 Å². The average molecular weight is 529 g/mol. The third-order valence-electron chi connectivity index (χ3n) is 6.60. The quantitative estimate of drug-likeness (QED) is 0.0993. The van der Waals surface area contributed by atoms with E-state index in [1.54, 1.807) is 32.3 Å². The molecule has 0 heterocycles. The van der Waals surface area contributed by atoms with Crippen LogP contribution in [0.15, 0.2) is 61.7 Å². The number of methoxy groups -OCH3 is 1. The Kier molecular flexibility index (Phi) is 12.6. The molecule has 1 aromatic rings. The van der Waals surface area contributed by atoms with Crippen molar-refractivity contribution in [2.45, 2.75) is 89.2 Å². The molecular formula is C30H44O6Si. The first-order valence-electron chi connectivity index (χ1n) is 12.4. The maximum absolute atomic E-state index is 11.7. The van der Waals surface area contributed by atoms with Gasteiger partial charge in [0.1, 0.15) is 23.6 Å². The van der Waals surface area contributed by atoms with E-state index >= 15 is 0 Å². The fourth-order valence-corrected chi connectivity index (χ4v) is 4.44. The highest BCUT2D eigenvalue weighted by Gasteiger charge is 2.41. The van der Waals surface area contributed by atoms with E-state index in [1.807, 2.05) is 24.3 Å². The van der Waals surface area contributed by atoms with Crippen LogP contribution in [-0.4, -0.2) is 50.4 Å². The van der Waals surface area contributed by atoms with Crippen LogP contribution in [0.25, 0.3) is 0 Å². The fraction of sp³-hybridized carbons (Fsp3) is 0.500. The lowest BCUT2D eigenvalue weighted by Crippen LogP contribution is -2.47. The zero-order valence-electron chi connectivity index (χ0n) is 23.5. The van der Waals surface area contributed by atoms with E-state index in [0.717, 1.165) is 17.4 Å². The van der Waals surface area contributed by atoms with Gasteiger partial charge in [0, 0.05) is 18.9 Å². The summed E-state index contributed by atoms with van der Waals surface area (Å²) in [5, 5.41) is 11.5. The molecule has 0 amide bonds. The van der Waals surface area contributed by atoms with Crippen LogP contribution in [0.1, 0.15) is 46.1 Å². The molecule has 0 radical (unpaired) electrons. The van der Waals surface area contributed by atoms with Gasteiger partial charge >= 0.3 is 5.97 Å². The van der Waals surface area contributed by atoms with E-state index in [-0.39, 0.29) is 18.1 Å². The molecule has 4 atom stereocenters. The van der Waals surface area contributed by atoms with Crippen LogP contribution in [0.5, 0.6) is 5.75 Å². The van der Waals surface area contributed by atoms with Crippen LogP contribution < -0.4 is 4.74 Å². The lowest BCUT2D eigenvalue weighted by molar-refractivity contribution is -0.140. The molecule has 0 aliphatic carbocycles. The predicted molar refractivity (Wildman–Crippen MR) is 152 cm³/mol. The van der Waals surface area contributed by atoms with Crippen LogP contribution in [0.3, 0.4) is 0 Å². The van der Waals surface area contributed by atoms with Crippen molar-refractivity contribution in [3.63, 3.8) is 0 Å². The molecular weight excluding hydrogens is 484 g/mol. The largest absolute Gasteiger partial charge is 0.497 e. The summed E-state index contributed by atoms with van der Waals surface area (Å²) in [6, 6.07) is 7.51. The molecule has 7 heteroatoms. The van der Waals surface area contributed by atoms with Gasteiger partial charge in [-0.05, 0) is 48.8 Å². The molecule has 6 nitrogen and oxygen atoms in total. The van der Waals surface area contributed by atoms with Crippen molar-refractivity contribution >= 4 is 14.3 Å². The van der Waals surface area contributed by atoms with Crippen LogP contribution in [-0.2, 0) is 25.3 Å². The van der Waals surface area contributed by atoms with Crippen molar-refractivity contribution in [1.82, 2.24) is 0 Å². The van der Waals surface area contributed by atoms with Crippen molar-refractivity contribution in [3.8, 4) is 18.1 Å². The van der Waals surface area contributed by atoms with Gasteiger partial charge < -0.3 is 23.7 Å². The summed E-state index contributed by atoms with van der Waals surface area (Å²) in [7, 11) is -0.561. The molecule has 0 aromatic heterocycles. The van der Waals surface area contributed by atoms with Gasteiger partial charge in [0.15, 0.2) is 8.32 Å².